The van der Waals surface area contributed by atoms with Crippen LogP contribution in [-0.2, 0) is 19.3 Å². The Morgan fingerprint density at radius 1 is 1.12 bits per heavy atom. The van der Waals surface area contributed by atoms with Gasteiger partial charge in [-0.3, -0.25) is 0 Å². The zero-order valence-electron chi connectivity index (χ0n) is 18.4. The van der Waals surface area contributed by atoms with Crippen LogP contribution in [-0.4, -0.2) is 27.2 Å². The van der Waals surface area contributed by atoms with Gasteiger partial charge in [0.05, 0.1) is 29.3 Å². The number of hydrogen-bond donors (Lipinski definition) is 0. The highest BCUT2D eigenvalue weighted by molar-refractivity contribution is 7.92. The van der Waals surface area contributed by atoms with Gasteiger partial charge < -0.3 is 9.47 Å². The van der Waals surface area contributed by atoms with Crippen molar-refractivity contribution < 1.29 is 26.7 Å². The fourth-order valence-corrected chi connectivity index (χ4v) is 8.70. The van der Waals surface area contributed by atoms with Crippen molar-refractivity contribution in [2.45, 2.75) is 67.3 Å². The summed E-state index contributed by atoms with van der Waals surface area (Å²) in [6, 6.07) is 7.89. The molecule has 2 fully saturated rings. The fraction of sp³-hybridized carbons (Fsp3) is 0.520. The molecule has 1 aliphatic carbocycles. The van der Waals surface area contributed by atoms with E-state index in [4.69, 9.17) is 21.1 Å². The van der Waals surface area contributed by atoms with Crippen molar-refractivity contribution >= 4 is 21.4 Å². The normalized spacial score (nSPS) is 30.8. The van der Waals surface area contributed by atoms with E-state index in [9.17, 15) is 12.8 Å². The van der Waals surface area contributed by atoms with E-state index in [0.29, 0.717) is 17.9 Å². The summed E-state index contributed by atoms with van der Waals surface area (Å²) in [5, 5.41) is 0.402. The molecule has 3 aliphatic rings. The molecular formula is C25H27ClF2O4S. The molecule has 1 saturated heterocycles. The van der Waals surface area contributed by atoms with Gasteiger partial charge >= 0.3 is 0 Å². The quantitative estimate of drug-likeness (QED) is 0.505. The molecule has 4 nitrogen and oxygen atoms in total. The first-order valence-electron chi connectivity index (χ1n) is 11.6. The number of unbranched alkanes of at least 4 members (excludes halogenated alkanes) is 1. The van der Waals surface area contributed by atoms with E-state index in [1.165, 1.54) is 24.3 Å². The Bertz CT molecular complexity index is 1150. The lowest BCUT2D eigenvalue weighted by Crippen LogP contribution is -2.56. The zero-order valence-corrected chi connectivity index (χ0v) is 20.0. The van der Waals surface area contributed by atoms with Gasteiger partial charge in [0.25, 0.3) is 0 Å². The minimum absolute atomic E-state index is 0.00518. The fourth-order valence-electron chi connectivity index (χ4n) is 6.17. The minimum Gasteiger partial charge on any atom is -0.490 e. The van der Waals surface area contributed by atoms with E-state index in [-0.39, 0.29) is 47.4 Å². The third-order valence-electron chi connectivity index (χ3n) is 7.67. The Morgan fingerprint density at radius 3 is 2.58 bits per heavy atom. The largest absolute Gasteiger partial charge is 0.490 e. The molecule has 2 aromatic carbocycles. The molecule has 5 atom stereocenters. The number of hydrogen-bond acceptors (Lipinski definition) is 4. The van der Waals surface area contributed by atoms with Gasteiger partial charge in [-0.25, -0.2) is 17.2 Å². The molecule has 0 unspecified atom stereocenters. The number of ether oxygens (including phenoxy) is 2. The summed E-state index contributed by atoms with van der Waals surface area (Å²) in [6.45, 7) is 2.13. The van der Waals surface area contributed by atoms with Crippen molar-refractivity contribution in [3.05, 3.63) is 58.6 Å². The number of halogens is 3. The van der Waals surface area contributed by atoms with Crippen molar-refractivity contribution in [3.8, 4) is 5.75 Å². The van der Waals surface area contributed by atoms with Gasteiger partial charge in [0, 0.05) is 10.9 Å². The van der Waals surface area contributed by atoms with Crippen LogP contribution >= 0.6 is 11.6 Å². The lowest BCUT2D eigenvalue weighted by atomic mass is 9.65. The van der Waals surface area contributed by atoms with Gasteiger partial charge in [0.1, 0.15) is 10.6 Å². The van der Waals surface area contributed by atoms with Gasteiger partial charge in [-0.15, -0.1) is 0 Å². The highest BCUT2D eigenvalue weighted by atomic mass is 35.5. The third-order valence-corrected chi connectivity index (χ3v) is 10.5. The number of sulfone groups is 1. The monoisotopic (exact) mass is 496 g/mol. The smallest absolute Gasteiger partial charge is 0.188 e. The molecule has 33 heavy (non-hydrogen) atoms. The first kappa shape index (κ1) is 23.1. The number of rotatable bonds is 5. The summed E-state index contributed by atoms with van der Waals surface area (Å²) in [5.41, 5.74) is -0.177. The summed E-state index contributed by atoms with van der Waals surface area (Å²) >= 11 is 6.00. The second-order valence-corrected chi connectivity index (χ2v) is 12.0. The van der Waals surface area contributed by atoms with Gasteiger partial charge in [-0.05, 0) is 68.0 Å². The van der Waals surface area contributed by atoms with Crippen molar-refractivity contribution in [1.82, 2.24) is 0 Å². The highest BCUT2D eigenvalue weighted by Crippen LogP contribution is 2.60. The van der Waals surface area contributed by atoms with Gasteiger partial charge in [-0.2, -0.15) is 0 Å². The average Bonchev–Trinajstić information content (AvgIpc) is 3.23. The number of benzene rings is 2. The Labute approximate surface area is 198 Å². The molecule has 1 saturated carbocycles. The van der Waals surface area contributed by atoms with E-state index in [1.54, 1.807) is 0 Å². The maximum atomic E-state index is 15.4. The predicted octanol–water partition coefficient (Wildman–Crippen LogP) is 6.05. The molecule has 0 aromatic heterocycles. The molecule has 0 bridgehead atoms. The average molecular weight is 497 g/mol. The third kappa shape index (κ3) is 3.50. The molecule has 178 valence electrons. The van der Waals surface area contributed by atoms with Gasteiger partial charge in [0.15, 0.2) is 21.4 Å². The summed E-state index contributed by atoms with van der Waals surface area (Å²) in [7, 11) is -4.13. The van der Waals surface area contributed by atoms with Crippen LogP contribution < -0.4 is 4.74 Å². The summed E-state index contributed by atoms with van der Waals surface area (Å²) in [5.74, 6) is -2.45. The Morgan fingerprint density at radius 2 is 1.85 bits per heavy atom. The van der Waals surface area contributed by atoms with Crippen molar-refractivity contribution in [1.29, 1.82) is 0 Å². The first-order valence-corrected chi connectivity index (χ1v) is 13.4. The van der Waals surface area contributed by atoms with Crippen LogP contribution in [0.2, 0.25) is 5.02 Å². The maximum Gasteiger partial charge on any atom is 0.188 e. The molecule has 2 aliphatic heterocycles. The second-order valence-electron chi connectivity index (χ2n) is 9.37. The predicted molar refractivity (Wildman–Crippen MR) is 121 cm³/mol. The molecule has 0 radical (unpaired) electrons. The summed E-state index contributed by atoms with van der Waals surface area (Å²) in [6.07, 6.45) is 4.24. The Hall–Kier alpha value is -1.70. The molecule has 2 heterocycles. The second kappa shape index (κ2) is 8.51. The van der Waals surface area contributed by atoms with Crippen LogP contribution in [0.5, 0.6) is 5.75 Å². The van der Waals surface area contributed by atoms with Crippen LogP contribution in [0, 0.1) is 23.5 Å². The van der Waals surface area contributed by atoms with Gasteiger partial charge in [-0.1, -0.05) is 31.4 Å². The Kier molecular flexibility index (Phi) is 5.94. The van der Waals surface area contributed by atoms with E-state index >= 15 is 4.39 Å². The minimum atomic E-state index is -4.13. The first-order chi connectivity index (χ1) is 15.8. The lowest BCUT2D eigenvalue weighted by molar-refractivity contribution is -0.0232. The molecule has 2 aromatic rings. The highest BCUT2D eigenvalue weighted by Gasteiger charge is 2.64. The molecule has 0 spiro atoms. The SMILES string of the molecule is CCCC[C@H]1C[C@H]2[C@H](CC[C@@]3(S(=O)(=O)c4ccc(Cl)cc4)c4c(F)ccc(F)c4OC[C@@H]23)O1. The van der Waals surface area contributed by atoms with Crippen molar-refractivity contribution in [2.24, 2.45) is 11.8 Å². The topological polar surface area (TPSA) is 52.6 Å². The molecule has 0 amide bonds. The van der Waals surface area contributed by atoms with E-state index in [1.807, 2.05) is 0 Å². The number of fused-ring (bicyclic) bond motifs is 5. The van der Waals surface area contributed by atoms with Gasteiger partial charge in [0.2, 0.25) is 0 Å². The molecule has 5 rings (SSSR count). The van der Waals surface area contributed by atoms with Crippen LogP contribution in [0.1, 0.15) is 51.0 Å². The van der Waals surface area contributed by atoms with Crippen LogP contribution in [0.3, 0.4) is 0 Å². The standard InChI is InChI=1S/C25H27ClF2O4S/c1-2-3-4-16-13-18-19-14-31-24-21(28)10-9-20(27)23(24)25(19,12-11-22(18)32-16)33(29,30)17-7-5-15(26)6-8-17/h5-10,16,18-19,22H,2-4,11-14H2,1H3/t16-,18+,19-,22-,25-/m0/s1. The summed E-state index contributed by atoms with van der Waals surface area (Å²) in [4.78, 5) is 0.0494. The van der Waals surface area contributed by atoms with Crippen LogP contribution in [0.15, 0.2) is 41.3 Å². The van der Waals surface area contributed by atoms with E-state index in [2.05, 4.69) is 6.92 Å². The lowest BCUT2D eigenvalue weighted by Gasteiger charge is -2.50. The van der Waals surface area contributed by atoms with Crippen molar-refractivity contribution in [2.75, 3.05) is 6.61 Å². The summed E-state index contributed by atoms with van der Waals surface area (Å²) < 4.78 is 69.2. The maximum absolute atomic E-state index is 15.4. The molecule has 0 N–H and O–H groups in total. The molecular weight excluding hydrogens is 470 g/mol. The molecule has 8 heteroatoms. The van der Waals surface area contributed by atoms with Crippen LogP contribution in [0.4, 0.5) is 8.78 Å². The van der Waals surface area contributed by atoms with E-state index in [0.717, 1.165) is 31.4 Å². The van der Waals surface area contributed by atoms with E-state index < -0.39 is 32.1 Å². The van der Waals surface area contributed by atoms with Crippen molar-refractivity contribution in [3.63, 3.8) is 0 Å². The van der Waals surface area contributed by atoms with Crippen LogP contribution in [0.25, 0.3) is 0 Å². The zero-order chi connectivity index (χ0) is 23.4. The Balaban J connectivity index is 1.68.